The molecule has 25 heavy (non-hydrogen) atoms. The predicted octanol–water partition coefficient (Wildman–Crippen LogP) is 4.44. The fourth-order valence-electron chi connectivity index (χ4n) is 3.01. The first-order valence-electron chi connectivity index (χ1n) is 8.52. The molecule has 0 unspecified atom stereocenters. The van der Waals surface area contributed by atoms with E-state index < -0.39 is 0 Å². The van der Waals surface area contributed by atoms with Crippen LogP contribution in [0.3, 0.4) is 0 Å². The van der Waals surface area contributed by atoms with E-state index in [0.717, 1.165) is 48.3 Å². The topological polar surface area (TPSA) is 41.6 Å². The van der Waals surface area contributed by atoms with Crippen LogP contribution in [0.15, 0.2) is 40.2 Å². The van der Waals surface area contributed by atoms with E-state index in [1.165, 1.54) is 4.88 Å². The lowest BCUT2D eigenvalue weighted by atomic mass is 10.2. The summed E-state index contributed by atoms with van der Waals surface area (Å²) < 4.78 is 6.80. The molecule has 2 heterocycles. The largest absolute Gasteiger partial charge is 0.377 e. The molecule has 2 aromatic rings. The molecule has 1 aromatic carbocycles. The van der Waals surface area contributed by atoms with Crippen LogP contribution in [0.1, 0.15) is 23.3 Å². The molecule has 134 valence electrons. The van der Waals surface area contributed by atoms with E-state index in [4.69, 9.17) is 4.74 Å². The number of hydrogen-bond acceptors (Lipinski definition) is 4. The summed E-state index contributed by atoms with van der Waals surface area (Å²) in [6.07, 6.45) is 2.43. The van der Waals surface area contributed by atoms with Gasteiger partial charge in [-0.05, 0) is 55.0 Å². The lowest BCUT2D eigenvalue weighted by Crippen LogP contribution is -2.37. The van der Waals surface area contributed by atoms with E-state index in [1.54, 1.807) is 11.3 Å². The van der Waals surface area contributed by atoms with E-state index in [1.807, 2.05) is 25.1 Å². The number of carbonyl (C=O) groups is 1. The molecule has 0 bridgehead atoms. The molecule has 1 aromatic heterocycles. The number of anilines is 1. The summed E-state index contributed by atoms with van der Waals surface area (Å²) in [7, 11) is 0. The SMILES string of the molecule is Cc1cc(NC(=O)CN(Cc2cccs2)C[C@@H]2CCCO2)ccc1Br. The highest BCUT2D eigenvalue weighted by Gasteiger charge is 2.21. The van der Waals surface area contributed by atoms with Crippen molar-refractivity contribution in [3.05, 3.63) is 50.6 Å². The van der Waals surface area contributed by atoms with Crippen LogP contribution in [0, 0.1) is 6.92 Å². The first-order chi connectivity index (χ1) is 12.1. The molecule has 1 aliphatic heterocycles. The smallest absolute Gasteiger partial charge is 0.238 e. The van der Waals surface area contributed by atoms with Crippen molar-refractivity contribution in [3.8, 4) is 0 Å². The van der Waals surface area contributed by atoms with Crippen molar-refractivity contribution in [1.82, 2.24) is 4.90 Å². The van der Waals surface area contributed by atoms with Crippen molar-refractivity contribution in [2.45, 2.75) is 32.4 Å². The third-order valence-electron chi connectivity index (χ3n) is 4.25. The molecule has 1 atom stereocenters. The van der Waals surface area contributed by atoms with Crippen LogP contribution in [0.25, 0.3) is 0 Å². The van der Waals surface area contributed by atoms with E-state index >= 15 is 0 Å². The zero-order valence-corrected chi connectivity index (χ0v) is 16.7. The van der Waals surface area contributed by atoms with Crippen LogP contribution in [0.5, 0.6) is 0 Å². The lowest BCUT2D eigenvalue weighted by Gasteiger charge is -2.24. The number of nitrogens with one attached hydrogen (secondary N) is 1. The normalized spacial score (nSPS) is 17.2. The summed E-state index contributed by atoms with van der Waals surface area (Å²) in [5.74, 6) is 0.0104. The minimum absolute atomic E-state index is 0.0104. The molecule has 3 rings (SSSR count). The number of carbonyl (C=O) groups excluding carboxylic acids is 1. The number of nitrogens with zero attached hydrogens (tertiary/aromatic N) is 1. The van der Waals surface area contributed by atoms with Gasteiger partial charge in [0.25, 0.3) is 0 Å². The van der Waals surface area contributed by atoms with Crippen LogP contribution >= 0.6 is 27.3 Å². The zero-order valence-electron chi connectivity index (χ0n) is 14.3. The Balaban J connectivity index is 1.61. The van der Waals surface area contributed by atoms with Gasteiger partial charge in [-0.2, -0.15) is 0 Å². The number of hydrogen-bond donors (Lipinski definition) is 1. The molecule has 0 spiro atoms. The Bertz CT molecular complexity index is 699. The predicted molar refractivity (Wildman–Crippen MR) is 106 cm³/mol. The van der Waals surface area contributed by atoms with E-state index in [0.29, 0.717) is 6.54 Å². The maximum atomic E-state index is 12.5. The second-order valence-corrected chi connectivity index (χ2v) is 8.28. The van der Waals surface area contributed by atoms with Gasteiger partial charge in [0.15, 0.2) is 0 Å². The number of ether oxygens (including phenoxy) is 1. The molecule has 1 amide bonds. The number of benzene rings is 1. The van der Waals surface area contributed by atoms with Gasteiger partial charge < -0.3 is 10.1 Å². The molecule has 4 nitrogen and oxygen atoms in total. The Labute approximate surface area is 161 Å². The molecule has 6 heteroatoms. The maximum absolute atomic E-state index is 12.5. The maximum Gasteiger partial charge on any atom is 0.238 e. The van der Waals surface area contributed by atoms with Crippen LogP contribution in [0.4, 0.5) is 5.69 Å². The highest BCUT2D eigenvalue weighted by molar-refractivity contribution is 9.10. The molecule has 0 saturated carbocycles. The van der Waals surface area contributed by atoms with Crippen molar-refractivity contribution in [2.24, 2.45) is 0 Å². The Kier molecular flexibility index (Phi) is 6.64. The highest BCUT2D eigenvalue weighted by Crippen LogP contribution is 2.20. The Morgan fingerprint density at radius 1 is 1.44 bits per heavy atom. The van der Waals surface area contributed by atoms with Gasteiger partial charge in [0.1, 0.15) is 0 Å². The second-order valence-electron chi connectivity index (χ2n) is 6.40. The fraction of sp³-hybridized carbons (Fsp3) is 0.421. The summed E-state index contributed by atoms with van der Waals surface area (Å²) in [5, 5.41) is 5.08. The molecule has 1 saturated heterocycles. The average Bonchev–Trinajstić information content (AvgIpc) is 3.25. The first kappa shape index (κ1) is 18.6. The minimum atomic E-state index is 0.0104. The number of aryl methyl sites for hydroxylation is 1. The molecular weight excluding hydrogens is 400 g/mol. The Morgan fingerprint density at radius 3 is 3.00 bits per heavy atom. The molecule has 0 aliphatic carbocycles. The van der Waals surface area contributed by atoms with E-state index in [-0.39, 0.29) is 12.0 Å². The lowest BCUT2D eigenvalue weighted by molar-refractivity contribution is -0.117. The summed E-state index contributed by atoms with van der Waals surface area (Å²) >= 11 is 5.21. The van der Waals surface area contributed by atoms with Gasteiger partial charge in [-0.3, -0.25) is 9.69 Å². The Morgan fingerprint density at radius 2 is 2.32 bits per heavy atom. The van der Waals surface area contributed by atoms with E-state index in [2.05, 4.69) is 43.7 Å². The van der Waals surface area contributed by atoms with Crippen molar-refractivity contribution in [3.63, 3.8) is 0 Å². The molecule has 1 fully saturated rings. The molecule has 0 radical (unpaired) electrons. The molecular formula is C19H23BrN2O2S. The van der Waals surface area contributed by atoms with Crippen LogP contribution < -0.4 is 5.32 Å². The third-order valence-corrected chi connectivity index (χ3v) is 6.01. The van der Waals surface area contributed by atoms with Crippen molar-refractivity contribution >= 4 is 38.9 Å². The zero-order chi connectivity index (χ0) is 17.6. The van der Waals surface area contributed by atoms with Crippen LogP contribution in [-0.2, 0) is 16.1 Å². The molecule has 1 N–H and O–H groups in total. The van der Waals surface area contributed by atoms with Gasteiger partial charge in [0.2, 0.25) is 5.91 Å². The fourth-order valence-corrected chi connectivity index (χ4v) is 4.00. The minimum Gasteiger partial charge on any atom is -0.377 e. The molecule has 1 aliphatic rings. The monoisotopic (exact) mass is 422 g/mol. The van der Waals surface area contributed by atoms with Gasteiger partial charge in [-0.15, -0.1) is 11.3 Å². The van der Waals surface area contributed by atoms with E-state index in [9.17, 15) is 4.79 Å². The van der Waals surface area contributed by atoms with Crippen molar-refractivity contribution in [2.75, 3.05) is 25.0 Å². The Hall–Kier alpha value is -1.21. The van der Waals surface area contributed by atoms with Crippen LogP contribution in [0.2, 0.25) is 0 Å². The average molecular weight is 423 g/mol. The van der Waals surface area contributed by atoms with Gasteiger partial charge in [-0.1, -0.05) is 22.0 Å². The summed E-state index contributed by atoms with van der Waals surface area (Å²) in [4.78, 5) is 16.0. The standard InChI is InChI=1S/C19H23BrN2O2S/c1-14-10-15(6-7-18(14)20)21-19(23)13-22(11-16-4-2-8-24-16)12-17-5-3-9-25-17/h3,5-7,9-10,16H,2,4,8,11-13H2,1H3,(H,21,23)/t16-/m0/s1. The number of rotatable bonds is 7. The number of amides is 1. The van der Waals surface area contributed by atoms with Gasteiger partial charge >= 0.3 is 0 Å². The highest BCUT2D eigenvalue weighted by atomic mass is 79.9. The van der Waals surface area contributed by atoms with Crippen molar-refractivity contribution in [1.29, 1.82) is 0 Å². The second kappa shape index (κ2) is 8.94. The quantitative estimate of drug-likeness (QED) is 0.716. The first-order valence-corrected chi connectivity index (χ1v) is 10.2. The van der Waals surface area contributed by atoms with Gasteiger partial charge in [-0.25, -0.2) is 0 Å². The number of halogens is 1. The number of thiophene rings is 1. The third kappa shape index (κ3) is 5.64. The van der Waals surface area contributed by atoms with Gasteiger partial charge in [0, 0.05) is 34.7 Å². The van der Waals surface area contributed by atoms with Crippen LogP contribution in [-0.4, -0.2) is 36.6 Å². The summed E-state index contributed by atoms with van der Waals surface area (Å²) in [6.45, 7) is 4.80. The summed E-state index contributed by atoms with van der Waals surface area (Å²) in [6, 6.07) is 10.0. The van der Waals surface area contributed by atoms with Gasteiger partial charge in [0.05, 0.1) is 12.6 Å². The van der Waals surface area contributed by atoms with Crippen molar-refractivity contribution < 1.29 is 9.53 Å². The summed E-state index contributed by atoms with van der Waals surface area (Å²) in [5.41, 5.74) is 1.94.